The van der Waals surface area contributed by atoms with Crippen LogP contribution in [-0.2, 0) is 0 Å². The van der Waals surface area contributed by atoms with Crippen molar-refractivity contribution in [1.29, 1.82) is 0 Å². The normalized spacial score (nSPS) is 11.0. The average Bonchev–Trinajstić information content (AvgIpc) is 2.53. The zero-order valence-electron chi connectivity index (χ0n) is 11.7. The number of hydrogen-bond acceptors (Lipinski definition) is 3. The van der Waals surface area contributed by atoms with E-state index in [1.54, 1.807) is 6.07 Å². The third kappa shape index (κ3) is 3.93. The molecular formula is C16H10Cl4O3. The number of rotatable bonds is 4. The molecule has 1 N–H and O–H groups in total. The van der Waals surface area contributed by atoms with Crippen molar-refractivity contribution in [1.82, 2.24) is 0 Å². The number of phenols is 1. The van der Waals surface area contributed by atoms with Gasteiger partial charge < -0.3 is 9.84 Å². The second kappa shape index (κ2) is 7.45. The molecule has 0 aliphatic carbocycles. The Balaban J connectivity index is 2.32. The Labute approximate surface area is 153 Å². The van der Waals surface area contributed by atoms with E-state index in [0.29, 0.717) is 5.56 Å². The number of benzene rings is 2. The molecule has 0 fully saturated rings. The first kappa shape index (κ1) is 18.0. The molecule has 0 atom stereocenters. The van der Waals surface area contributed by atoms with Gasteiger partial charge >= 0.3 is 0 Å². The molecule has 0 aliphatic rings. The number of carbonyl (C=O) groups excluding carboxylic acids is 1. The van der Waals surface area contributed by atoms with E-state index < -0.39 is 0 Å². The molecule has 0 unspecified atom stereocenters. The molecule has 0 saturated carbocycles. The van der Waals surface area contributed by atoms with Crippen molar-refractivity contribution in [3.8, 4) is 11.5 Å². The number of halogens is 4. The van der Waals surface area contributed by atoms with Gasteiger partial charge in [0, 0.05) is 5.56 Å². The Kier molecular flexibility index (Phi) is 5.82. The van der Waals surface area contributed by atoms with Gasteiger partial charge in [0.2, 0.25) is 0 Å². The third-order valence-electron chi connectivity index (χ3n) is 3.00. The third-order valence-corrected chi connectivity index (χ3v) is 4.58. The van der Waals surface area contributed by atoms with Gasteiger partial charge in [-0.1, -0.05) is 52.5 Å². The van der Waals surface area contributed by atoms with Crippen LogP contribution >= 0.6 is 46.4 Å². The van der Waals surface area contributed by atoms with Crippen LogP contribution < -0.4 is 4.74 Å². The standard InChI is InChI=1S/C16H10Cl4O3/c1-23-13-7-8(6-11(18)16(13)22)2-5-12(21)9-3-4-10(17)15(20)14(9)19/h2-7,22H,1H3/b5-2+. The predicted octanol–water partition coefficient (Wildman–Crippen LogP) is 5.91. The molecule has 0 saturated heterocycles. The highest BCUT2D eigenvalue weighted by Gasteiger charge is 2.13. The molecule has 7 heteroatoms. The summed E-state index contributed by atoms with van der Waals surface area (Å²) in [4.78, 5) is 12.2. The minimum Gasteiger partial charge on any atom is -0.503 e. The minimum absolute atomic E-state index is 0.0927. The molecular weight excluding hydrogens is 382 g/mol. The number of ketones is 1. The first-order chi connectivity index (χ1) is 10.8. The minimum atomic E-state index is -0.350. The second-order valence-electron chi connectivity index (χ2n) is 4.47. The van der Waals surface area contributed by atoms with E-state index in [9.17, 15) is 9.90 Å². The molecule has 2 aromatic carbocycles. The molecule has 0 radical (unpaired) electrons. The summed E-state index contributed by atoms with van der Waals surface area (Å²) in [6.07, 6.45) is 2.84. The summed E-state index contributed by atoms with van der Waals surface area (Å²) in [5.74, 6) is -0.306. The molecule has 2 rings (SSSR count). The van der Waals surface area contributed by atoms with Crippen LogP contribution in [0.1, 0.15) is 15.9 Å². The van der Waals surface area contributed by atoms with Gasteiger partial charge in [-0.2, -0.15) is 0 Å². The summed E-state index contributed by atoms with van der Waals surface area (Å²) in [5, 5.41) is 10.3. The monoisotopic (exact) mass is 390 g/mol. The number of hydrogen-bond donors (Lipinski definition) is 1. The van der Waals surface area contributed by atoms with Crippen molar-refractivity contribution < 1.29 is 14.6 Å². The lowest BCUT2D eigenvalue weighted by atomic mass is 10.1. The number of phenolic OH excluding ortho intramolecular Hbond substituents is 1. The van der Waals surface area contributed by atoms with Gasteiger partial charge in [0.25, 0.3) is 0 Å². The largest absolute Gasteiger partial charge is 0.503 e. The van der Waals surface area contributed by atoms with Crippen LogP contribution in [0.25, 0.3) is 6.08 Å². The van der Waals surface area contributed by atoms with Crippen molar-refractivity contribution >= 4 is 58.3 Å². The molecule has 2 aromatic rings. The molecule has 0 bridgehead atoms. The molecule has 0 spiro atoms. The smallest absolute Gasteiger partial charge is 0.187 e. The van der Waals surface area contributed by atoms with Crippen LogP contribution in [0, 0.1) is 0 Å². The SMILES string of the molecule is COc1cc(/C=C/C(=O)c2ccc(Cl)c(Cl)c2Cl)cc(Cl)c1O. The zero-order chi connectivity index (χ0) is 17.1. The van der Waals surface area contributed by atoms with Gasteiger partial charge in [-0.25, -0.2) is 0 Å². The fourth-order valence-electron chi connectivity index (χ4n) is 1.82. The lowest BCUT2D eigenvalue weighted by molar-refractivity contribution is 0.104. The van der Waals surface area contributed by atoms with Gasteiger partial charge in [0.1, 0.15) is 0 Å². The molecule has 120 valence electrons. The first-order valence-electron chi connectivity index (χ1n) is 6.27. The summed E-state index contributed by atoms with van der Waals surface area (Å²) < 4.78 is 5.00. The topological polar surface area (TPSA) is 46.5 Å². The fraction of sp³-hybridized carbons (Fsp3) is 0.0625. The number of ether oxygens (including phenoxy) is 1. The number of aromatic hydroxyl groups is 1. The number of carbonyl (C=O) groups is 1. The lowest BCUT2D eigenvalue weighted by Crippen LogP contribution is -1.96. The second-order valence-corrected chi connectivity index (χ2v) is 6.04. The first-order valence-corrected chi connectivity index (χ1v) is 7.78. The van der Waals surface area contributed by atoms with Crippen molar-refractivity contribution in [2.45, 2.75) is 0 Å². The van der Waals surface area contributed by atoms with E-state index in [4.69, 9.17) is 51.1 Å². The van der Waals surface area contributed by atoms with Crippen LogP contribution in [0.15, 0.2) is 30.3 Å². The van der Waals surface area contributed by atoms with E-state index in [1.807, 2.05) is 0 Å². The van der Waals surface area contributed by atoms with E-state index in [1.165, 1.54) is 37.5 Å². The van der Waals surface area contributed by atoms with Gasteiger partial charge in [0.15, 0.2) is 17.3 Å². The summed E-state index contributed by atoms with van der Waals surface area (Å²) >= 11 is 23.7. The Morgan fingerprint density at radius 3 is 2.43 bits per heavy atom. The molecule has 0 aliphatic heterocycles. The summed E-state index contributed by atoms with van der Waals surface area (Å²) in [7, 11) is 1.40. The van der Waals surface area contributed by atoms with Gasteiger partial charge in [0.05, 0.1) is 27.2 Å². The molecule has 23 heavy (non-hydrogen) atoms. The van der Waals surface area contributed by atoms with Crippen molar-refractivity contribution in [2.24, 2.45) is 0 Å². The molecule has 0 amide bonds. The highest BCUT2D eigenvalue weighted by molar-refractivity contribution is 6.49. The maximum atomic E-state index is 12.2. The Morgan fingerprint density at radius 2 is 1.78 bits per heavy atom. The Hall–Kier alpha value is -1.39. The Bertz CT molecular complexity index is 800. The summed E-state index contributed by atoms with van der Waals surface area (Å²) in [6, 6.07) is 6.03. The van der Waals surface area contributed by atoms with Gasteiger partial charge in [-0.05, 0) is 35.9 Å². The molecule has 3 nitrogen and oxygen atoms in total. The number of allylic oxidation sites excluding steroid dienone is 1. The van der Waals surface area contributed by atoms with E-state index >= 15 is 0 Å². The quantitative estimate of drug-likeness (QED) is 0.400. The van der Waals surface area contributed by atoms with Crippen molar-refractivity contribution in [3.63, 3.8) is 0 Å². The zero-order valence-corrected chi connectivity index (χ0v) is 14.8. The fourth-order valence-corrected chi connectivity index (χ4v) is 2.67. The maximum absolute atomic E-state index is 12.2. The van der Waals surface area contributed by atoms with E-state index in [-0.39, 0.29) is 42.9 Å². The Morgan fingerprint density at radius 1 is 1.09 bits per heavy atom. The van der Waals surface area contributed by atoms with Gasteiger partial charge in [-0.3, -0.25) is 4.79 Å². The van der Waals surface area contributed by atoms with Crippen molar-refractivity contribution in [3.05, 3.63) is 61.6 Å². The highest BCUT2D eigenvalue weighted by atomic mass is 35.5. The average molecular weight is 392 g/mol. The van der Waals surface area contributed by atoms with E-state index in [2.05, 4.69) is 0 Å². The van der Waals surface area contributed by atoms with Crippen LogP contribution in [-0.4, -0.2) is 18.0 Å². The van der Waals surface area contributed by atoms with E-state index in [0.717, 1.165) is 0 Å². The van der Waals surface area contributed by atoms with Crippen LogP contribution in [0.5, 0.6) is 11.5 Å². The van der Waals surface area contributed by atoms with Crippen LogP contribution in [0.3, 0.4) is 0 Å². The van der Waals surface area contributed by atoms with Crippen molar-refractivity contribution in [2.75, 3.05) is 7.11 Å². The highest BCUT2D eigenvalue weighted by Crippen LogP contribution is 2.36. The van der Waals surface area contributed by atoms with Gasteiger partial charge in [-0.15, -0.1) is 0 Å². The number of methoxy groups -OCH3 is 1. The predicted molar refractivity (Wildman–Crippen MR) is 94.5 cm³/mol. The summed E-state index contributed by atoms with van der Waals surface area (Å²) in [5.41, 5.74) is 0.809. The molecule has 0 heterocycles. The summed E-state index contributed by atoms with van der Waals surface area (Å²) in [6.45, 7) is 0. The molecule has 0 aromatic heterocycles. The maximum Gasteiger partial charge on any atom is 0.187 e. The van der Waals surface area contributed by atoms with Crippen LogP contribution in [0.4, 0.5) is 0 Å². The lowest BCUT2D eigenvalue weighted by Gasteiger charge is -2.06. The van der Waals surface area contributed by atoms with Crippen LogP contribution in [0.2, 0.25) is 20.1 Å².